The first kappa shape index (κ1) is 23.5. The van der Waals surface area contributed by atoms with Crippen LogP contribution in [0.5, 0.6) is 0 Å². The Labute approximate surface area is 204 Å². The van der Waals surface area contributed by atoms with Crippen LogP contribution in [0.25, 0.3) is 16.4 Å². The van der Waals surface area contributed by atoms with Crippen molar-refractivity contribution in [1.82, 2.24) is 24.4 Å². The van der Waals surface area contributed by atoms with Crippen molar-refractivity contribution < 1.29 is 18.0 Å². The summed E-state index contributed by atoms with van der Waals surface area (Å²) in [5, 5.41) is 13.1. The molecule has 0 saturated heterocycles. The number of halogens is 3. The minimum Gasteiger partial charge on any atom is -0.304 e. The first-order valence-corrected chi connectivity index (χ1v) is 11.3. The Morgan fingerprint density at radius 3 is 2.47 bits per heavy atom. The lowest BCUT2D eigenvalue weighted by Gasteiger charge is -2.19. The SMILES string of the molecule is CC(C)(C)c1cc(C(F)(F)F)n2nc(C(=O)Nc3ccn(Cc4cccc5ccccc45)n3)cc2n1. The van der Waals surface area contributed by atoms with Gasteiger partial charge in [0, 0.05) is 23.7 Å². The van der Waals surface area contributed by atoms with Crippen molar-refractivity contribution >= 4 is 28.1 Å². The van der Waals surface area contributed by atoms with E-state index in [0.29, 0.717) is 11.1 Å². The highest BCUT2D eigenvalue weighted by atomic mass is 19.4. The molecule has 0 aliphatic rings. The van der Waals surface area contributed by atoms with Gasteiger partial charge >= 0.3 is 6.18 Å². The van der Waals surface area contributed by atoms with Gasteiger partial charge in [0.25, 0.3) is 5.91 Å². The summed E-state index contributed by atoms with van der Waals surface area (Å²) < 4.78 is 43.5. The third-order valence-corrected chi connectivity index (χ3v) is 5.81. The molecule has 0 radical (unpaired) electrons. The third-order valence-electron chi connectivity index (χ3n) is 5.81. The Morgan fingerprint density at radius 2 is 1.72 bits per heavy atom. The summed E-state index contributed by atoms with van der Waals surface area (Å²) in [6.07, 6.45) is -2.94. The Kier molecular flexibility index (Phi) is 5.54. The molecule has 1 N–H and O–H groups in total. The molecule has 184 valence electrons. The van der Waals surface area contributed by atoms with Crippen LogP contribution in [0, 0.1) is 0 Å². The first-order valence-electron chi connectivity index (χ1n) is 11.3. The minimum atomic E-state index is -4.67. The molecule has 5 aromatic rings. The highest BCUT2D eigenvalue weighted by Crippen LogP contribution is 2.32. The predicted octanol–water partition coefficient (Wildman–Crippen LogP) is 5.70. The van der Waals surface area contributed by atoms with Crippen molar-refractivity contribution in [3.8, 4) is 0 Å². The number of aromatic nitrogens is 5. The number of carbonyl (C=O) groups is 1. The van der Waals surface area contributed by atoms with Crippen molar-refractivity contribution in [2.75, 3.05) is 5.32 Å². The van der Waals surface area contributed by atoms with Gasteiger partial charge in [-0.05, 0) is 22.4 Å². The number of hydrogen-bond acceptors (Lipinski definition) is 4. The van der Waals surface area contributed by atoms with E-state index in [1.54, 1.807) is 37.7 Å². The lowest BCUT2D eigenvalue weighted by molar-refractivity contribution is -0.142. The molecule has 1 amide bonds. The summed E-state index contributed by atoms with van der Waals surface area (Å²) >= 11 is 0. The maximum absolute atomic E-state index is 13.7. The van der Waals surface area contributed by atoms with E-state index in [9.17, 15) is 18.0 Å². The Morgan fingerprint density at radius 1 is 0.972 bits per heavy atom. The Balaban J connectivity index is 1.40. The second-order valence-electron chi connectivity index (χ2n) is 9.56. The average molecular weight is 493 g/mol. The van der Waals surface area contributed by atoms with Gasteiger partial charge in [-0.3, -0.25) is 9.48 Å². The third kappa shape index (κ3) is 4.53. The maximum Gasteiger partial charge on any atom is 0.433 e. The molecule has 2 aromatic carbocycles. The van der Waals surface area contributed by atoms with Crippen LogP contribution in [0.2, 0.25) is 0 Å². The summed E-state index contributed by atoms with van der Waals surface area (Å²) in [7, 11) is 0. The molecule has 5 rings (SSSR count). The van der Waals surface area contributed by atoms with Gasteiger partial charge < -0.3 is 5.32 Å². The topological polar surface area (TPSA) is 77.1 Å². The van der Waals surface area contributed by atoms with E-state index in [2.05, 4.69) is 20.5 Å². The van der Waals surface area contributed by atoms with Crippen LogP contribution < -0.4 is 5.32 Å². The van der Waals surface area contributed by atoms with E-state index >= 15 is 0 Å². The van der Waals surface area contributed by atoms with Gasteiger partial charge in [0.1, 0.15) is 5.69 Å². The van der Waals surface area contributed by atoms with Crippen molar-refractivity contribution in [2.45, 2.75) is 38.9 Å². The largest absolute Gasteiger partial charge is 0.433 e. The summed E-state index contributed by atoms with van der Waals surface area (Å²) in [6.45, 7) is 5.79. The maximum atomic E-state index is 13.7. The molecule has 36 heavy (non-hydrogen) atoms. The number of amides is 1. The van der Waals surface area contributed by atoms with E-state index < -0.39 is 23.2 Å². The summed E-state index contributed by atoms with van der Waals surface area (Å²) in [4.78, 5) is 17.1. The fraction of sp³-hybridized carbons (Fsp3) is 0.231. The summed E-state index contributed by atoms with van der Waals surface area (Å²) in [5.74, 6) is -0.418. The summed E-state index contributed by atoms with van der Waals surface area (Å²) in [6, 6.07) is 17.9. The Bertz CT molecular complexity index is 1590. The van der Waals surface area contributed by atoms with E-state index in [4.69, 9.17) is 0 Å². The number of hydrogen-bond donors (Lipinski definition) is 1. The minimum absolute atomic E-state index is 0.0543. The fourth-order valence-electron chi connectivity index (χ4n) is 3.97. The fourth-order valence-corrected chi connectivity index (χ4v) is 3.97. The van der Waals surface area contributed by atoms with Crippen molar-refractivity contribution in [1.29, 1.82) is 0 Å². The lowest BCUT2D eigenvalue weighted by atomic mass is 9.91. The normalized spacial score (nSPS) is 12.4. The molecular formula is C26H23F3N6O. The number of anilines is 1. The van der Waals surface area contributed by atoms with E-state index in [1.807, 2.05) is 42.5 Å². The highest BCUT2D eigenvalue weighted by Gasteiger charge is 2.36. The van der Waals surface area contributed by atoms with Gasteiger partial charge in [0.15, 0.2) is 17.2 Å². The first-order chi connectivity index (χ1) is 17.0. The van der Waals surface area contributed by atoms with Crippen LogP contribution in [-0.2, 0) is 18.1 Å². The van der Waals surface area contributed by atoms with Crippen LogP contribution >= 0.6 is 0 Å². The monoisotopic (exact) mass is 492 g/mol. The molecular weight excluding hydrogens is 469 g/mol. The molecule has 0 spiro atoms. The number of fused-ring (bicyclic) bond motifs is 2. The van der Waals surface area contributed by atoms with Gasteiger partial charge in [0.05, 0.1) is 12.2 Å². The van der Waals surface area contributed by atoms with E-state index in [-0.39, 0.29) is 22.9 Å². The number of benzene rings is 2. The molecule has 3 aromatic heterocycles. The van der Waals surface area contributed by atoms with Crippen molar-refractivity contribution in [3.63, 3.8) is 0 Å². The van der Waals surface area contributed by atoms with Gasteiger partial charge in [-0.1, -0.05) is 63.2 Å². The number of rotatable bonds is 4. The predicted molar refractivity (Wildman–Crippen MR) is 130 cm³/mol. The quantitative estimate of drug-likeness (QED) is 0.349. The van der Waals surface area contributed by atoms with Crippen LogP contribution in [0.1, 0.15) is 48.2 Å². The Hall–Kier alpha value is -4.21. The zero-order valence-electron chi connectivity index (χ0n) is 19.8. The highest BCUT2D eigenvalue weighted by molar-refractivity contribution is 6.03. The molecule has 3 heterocycles. The van der Waals surface area contributed by atoms with Crippen LogP contribution in [0.4, 0.5) is 19.0 Å². The van der Waals surface area contributed by atoms with Gasteiger partial charge in [-0.2, -0.15) is 23.4 Å². The molecule has 7 nitrogen and oxygen atoms in total. The molecule has 0 fully saturated rings. The number of nitrogens with one attached hydrogen (secondary N) is 1. The number of carbonyl (C=O) groups excluding carboxylic acids is 1. The molecule has 0 bridgehead atoms. The van der Waals surface area contributed by atoms with Gasteiger partial charge in [-0.15, -0.1) is 0 Å². The molecule has 0 aliphatic heterocycles. The van der Waals surface area contributed by atoms with Gasteiger partial charge in [-0.25, -0.2) is 9.50 Å². The van der Waals surface area contributed by atoms with E-state index in [1.165, 1.54) is 6.07 Å². The van der Waals surface area contributed by atoms with Crippen LogP contribution in [0.3, 0.4) is 0 Å². The second kappa shape index (κ2) is 8.47. The molecule has 0 atom stereocenters. The second-order valence-corrected chi connectivity index (χ2v) is 9.56. The van der Waals surface area contributed by atoms with Crippen LogP contribution in [0.15, 0.2) is 66.9 Å². The zero-order chi connectivity index (χ0) is 25.7. The molecule has 0 aliphatic carbocycles. The number of nitrogens with zero attached hydrogens (tertiary/aromatic N) is 5. The molecule has 0 saturated carbocycles. The van der Waals surface area contributed by atoms with Crippen molar-refractivity contribution in [2.24, 2.45) is 0 Å². The summed E-state index contributed by atoms with van der Waals surface area (Å²) in [5.41, 5.74) is -0.540. The zero-order valence-corrected chi connectivity index (χ0v) is 19.8. The van der Waals surface area contributed by atoms with Crippen molar-refractivity contribution in [3.05, 3.63) is 89.5 Å². The molecule has 0 unspecified atom stereocenters. The average Bonchev–Trinajstić information content (AvgIpc) is 3.44. The number of alkyl halides is 3. The lowest BCUT2D eigenvalue weighted by Crippen LogP contribution is -2.20. The smallest absolute Gasteiger partial charge is 0.304 e. The van der Waals surface area contributed by atoms with Crippen LogP contribution in [-0.4, -0.2) is 30.3 Å². The standard InChI is InChI=1S/C26H23F3N6O/c1-25(2,3)20-14-21(26(27,28)29)35-23(30-20)13-19(32-35)24(36)31-22-11-12-34(33-22)15-17-9-6-8-16-7-4-5-10-18(16)17/h4-14H,15H2,1-3H3,(H,31,33,36). The molecule has 10 heteroatoms. The van der Waals surface area contributed by atoms with Gasteiger partial charge in [0.2, 0.25) is 0 Å². The van der Waals surface area contributed by atoms with E-state index in [0.717, 1.165) is 22.4 Å².